The molecule has 0 atom stereocenters. The van der Waals surface area contributed by atoms with E-state index >= 15 is 0 Å². The van der Waals surface area contributed by atoms with Crippen LogP contribution in [0.1, 0.15) is 36.7 Å². The average molecular weight is 476 g/mol. The number of nitrogens with one attached hydrogen (secondary N) is 2. The van der Waals surface area contributed by atoms with Gasteiger partial charge in [-0.2, -0.15) is 0 Å². The predicted octanol–water partition coefficient (Wildman–Crippen LogP) is 4.10. The van der Waals surface area contributed by atoms with E-state index in [9.17, 15) is 9.59 Å². The molecule has 162 valence electrons. The molecule has 0 radical (unpaired) electrons. The van der Waals surface area contributed by atoms with E-state index in [2.05, 4.69) is 52.2 Å². The van der Waals surface area contributed by atoms with Gasteiger partial charge in [-0.05, 0) is 77.4 Å². The number of amides is 2. The van der Waals surface area contributed by atoms with E-state index in [0.717, 1.165) is 30.5 Å². The fraction of sp³-hybridized carbons (Fsp3) is 0.391. The molecule has 0 spiro atoms. The first-order chi connectivity index (χ1) is 14.5. The van der Waals surface area contributed by atoms with Crippen LogP contribution in [0.3, 0.4) is 0 Å². The van der Waals surface area contributed by atoms with Crippen molar-refractivity contribution in [1.29, 1.82) is 0 Å². The minimum Gasteiger partial charge on any atom is -0.483 e. The van der Waals surface area contributed by atoms with Crippen molar-refractivity contribution in [3.63, 3.8) is 0 Å². The minimum absolute atomic E-state index is 0.0995. The van der Waals surface area contributed by atoms with Crippen molar-refractivity contribution in [1.82, 2.24) is 10.2 Å². The topological polar surface area (TPSA) is 70.7 Å². The van der Waals surface area contributed by atoms with E-state index in [1.54, 1.807) is 24.3 Å². The summed E-state index contributed by atoms with van der Waals surface area (Å²) in [7, 11) is 0. The highest BCUT2D eigenvalue weighted by Gasteiger charge is 2.09. The number of benzene rings is 2. The number of halogens is 1. The van der Waals surface area contributed by atoms with Crippen LogP contribution < -0.4 is 15.4 Å². The summed E-state index contributed by atoms with van der Waals surface area (Å²) in [6, 6.07) is 12.6. The first-order valence-corrected chi connectivity index (χ1v) is 11.1. The molecule has 0 fully saturated rings. The molecule has 0 unspecified atom stereocenters. The maximum atomic E-state index is 12.2. The number of likely N-dealkylation sites (N-methyl/N-ethyl adjacent to an activating group) is 1. The van der Waals surface area contributed by atoms with Crippen LogP contribution in [0.5, 0.6) is 5.75 Å². The number of aryl methyl sites for hydroxylation is 1. The van der Waals surface area contributed by atoms with Crippen molar-refractivity contribution in [2.24, 2.45) is 0 Å². The van der Waals surface area contributed by atoms with Crippen LogP contribution in [0.4, 0.5) is 5.69 Å². The normalized spacial score (nSPS) is 10.7. The number of hydrogen-bond donors (Lipinski definition) is 2. The molecule has 0 aliphatic rings. The highest BCUT2D eigenvalue weighted by atomic mass is 79.9. The Hall–Kier alpha value is -2.38. The summed E-state index contributed by atoms with van der Waals surface area (Å²) in [6.07, 6.45) is 0.934. The second-order valence-corrected chi connectivity index (χ2v) is 7.67. The third-order valence-corrected chi connectivity index (χ3v) is 5.42. The Balaban J connectivity index is 1.80. The molecule has 6 nitrogen and oxygen atoms in total. The molecule has 2 aromatic rings. The lowest BCUT2D eigenvalue weighted by atomic mass is 10.2. The third-order valence-electron chi connectivity index (χ3n) is 4.80. The smallest absolute Gasteiger partial charge is 0.262 e. The molecular formula is C23H30BrN3O3. The zero-order valence-electron chi connectivity index (χ0n) is 17.8. The fourth-order valence-electron chi connectivity index (χ4n) is 2.90. The van der Waals surface area contributed by atoms with Gasteiger partial charge in [0.1, 0.15) is 5.75 Å². The first kappa shape index (κ1) is 23.9. The monoisotopic (exact) mass is 475 g/mol. The van der Waals surface area contributed by atoms with Crippen LogP contribution in [0.15, 0.2) is 46.9 Å². The zero-order chi connectivity index (χ0) is 21.9. The molecule has 0 bridgehead atoms. The van der Waals surface area contributed by atoms with Gasteiger partial charge in [0, 0.05) is 24.3 Å². The number of hydrogen-bond acceptors (Lipinski definition) is 4. The second-order valence-electron chi connectivity index (χ2n) is 6.82. The predicted molar refractivity (Wildman–Crippen MR) is 124 cm³/mol. The minimum atomic E-state index is -0.266. The van der Waals surface area contributed by atoms with Gasteiger partial charge in [0.15, 0.2) is 6.61 Å². The molecule has 7 heteroatoms. The van der Waals surface area contributed by atoms with E-state index < -0.39 is 0 Å². The third kappa shape index (κ3) is 7.46. The zero-order valence-corrected chi connectivity index (χ0v) is 19.4. The van der Waals surface area contributed by atoms with Crippen LogP contribution in [-0.2, 0) is 11.2 Å². The Morgan fingerprint density at radius 2 is 1.73 bits per heavy atom. The van der Waals surface area contributed by atoms with Crippen molar-refractivity contribution in [3.05, 3.63) is 58.1 Å². The highest BCUT2D eigenvalue weighted by molar-refractivity contribution is 9.10. The Labute approximate surface area is 187 Å². The maximum Gasteiger partial charge on any atom is 0.262 e. The first-order valence-electron chi connectivity index (χ1n) is 10.3. The summed E-state index contributed by atoms with van der Waals surface area (Å²) >= 11 is 3.46. The van der Waals surface area contributed by atoms with Gasteiger partial charge in [0.05, 0.1) is 4.47 Å². The number of carbonyl (C=O) groups excluding carboxylic acids is 2. The molecule has 2 aromatic carbocycles. The van der Waals surface area contributed by atoms with Gasteiger partial charge in [-0.1, -0.05) is 26.8 Å². The molecule has 0 aliphatic carbocycles. The van der Waals surface area contributed by atoms with Crippen LogP contribution in [-0.4, -0.2) is 49.5 Å². The second kappa shape index (κ2) is 12.3. The Morgan fingerprint density at radius 1 is 1.03 bits per heavy atom. The number of nitrogens with zero attached hydrogens (tertiary/aromatic N) is 1. The summed E-state index contributed by atoms with van der Waals surface area (Å²) in [6.45, 7) is 9.54. The Kier molecular flexibility index (Phi) is 9.83. The molecule has 0 heterocycles. The van der Waals surface area contributed by atoms with Crippen molar-refractivity contribution >= 4 is 33.4 Å². The number of anilines is 1. The number of carbonyl (C=O) groups is 2. The number of rotatable bonds is 11. The molecule has 2 amide bonds. The largest absolute Gasteiger partial charge is 0.483 e. The van der Waals surface area contributed by atoms with Crippen LogP contribution in [0.25, 0.3) is 0 Å². The highest BCUT2D eigenvalue weighted by Crippen LogP contribution is 2.26. The summed E-state index contributed by atoms with van der Waals surface area (Å²) in [5.74, 6) is 0.237. The van der Waals surface area contributed by atoms with Crippen molar-refractivity contribution in [2.45, 2.75) is 27.2 Å². The van der Waals surface area contributed by atoms with Crippen LogP contribution in [0, 0.1) is 0 Å². The Morgan fingerprint density at radius 3 is 2.33 bits per heavy atom. The lowest BCUT2D eigenvalue weighted by Crippen LogP contribution is -2.34. The van der Waals surface area contributed by atoms with E-state index in [4.69, 9.17) is 4.74 Å². The van der Waals surface area contributed by atoms with Gasteiger partial charge >= 0.3 is 0 Å². The molecule has 0 saturated carbocycles. The molecular weight excluding hydrogens is 446 g/mol. The molecule has 0 saturated heterocycles. The summed E-state index contributed by atoms with van der Waals surface area (Å²) in [5, 5.41) is 5.69. The number of ether oxygens (including phenoxy) is 1. The van der Waals surface area contributed by atoms with Gasteiger partial charge in [-0.25, -0.2) is 0 Å². The van der Waals surface area contributed by atoms with E-state index in [1.165, 1.54) is 5.56 Å². The summed E-state index contributed by atoms with van der Waals surface area (Å²) in [5.41, 5.74) is 2.36. The van der Waals surface area contributed by atoms with Crippen molar-refractivity contribution in [2.75, 3.05) is 38.1 Å². The molecule has 2 rings (SSSR count). The standard InChI is InChI=1S/C23H30BrN3O3/c1-4-17-7-12-21(20(24)15-17)30-16-22(28)26-19-10-8-18(9-11-19)23(29)25-13-14-27(5-2)6-3/h7-12,15H,4-6,13-14,16H2,1-3H3,(H,25,29)(H,26,28). The van der Waals surface area contributed by atoms with E-state index in [0.29, 0.717) is 23.5 Å². The molecule has 2 N–H and O–H groups in total. The summed E-state index contributed by atoms with van der Waals surface area (Å²) in [4.78, 5) is 26.6. The molecule has 30 heavy (non-hydrogen) atoms. The maximum absolute atomic E-state index is 12.2. The van der Waals surface area contributed by atoms with Gasteiger partial charge < -0.3 is 20.3 Å². The molecule has 0 aromatic heterocycles. The Bertz CT molecular complexity index is 836. The van der Waals surface area contributed by atoms with Crippen LogP contribution >= 0.6 is 15.9 Å². The van der Waals surface area contributed by atoms with Gasteiger partial charge in [-0.3, -0.25) is 9.59 Å². The van der Waals surface area contributed by atoms with Crippen molar-refractivity contribution in [3.8, 4) is 5.75 Å². The average Bonchev–Trinajstić information content (AvgIpc) is 2.76. The summed E-state index contributed by atoms with van der Waals surface area (Å²) < 4.78 is 6.41. The van der Waals surface area contributed by atoms with E-state index in [1.807, 2.05) is 18.2 Å². The lowest BCUT2D eigenvalue weighted by Gasteiger charge is -2.18. The molecule has 0 aliphatic heterocycles. The quantitative estimate of drug-likeness (QED) is 0.513. The van der Waals surface area contributed by atoms with Crippen LogP contribution in [0.2, 0.25) is 0 Å². The lowest BCUT2D eigenvalue weighted by molar-refractivity contribution is -0.118. The fourth-order valence-corrected chi connectivity index (χ4v) is 3.44. The van der Waals surface area contributed by atoms with Gasteiger partial charge in [0.2, 0.25) is 0 Å². The SMILES string of the molecule is CCc1ccc(OCC(=O)Nc2ccc(C(=O)NCCN(CC)CC)cc2)c(Br)c1. The van der Waals surface area contributed by atoms with Crippen molar-refractivity contribution < 1.29 is 14.3 Å². The van der Waals surface area contributed by atoms with Gasteiger partial charge in [-0.15, -0.1) is 0 Å². The van der Waals surface area contributed by atoms with E-state index in [-0.39, 0.29) is 18.4 Å². The van der Waals surface area contributed by atoms with Gasteiger partial charge in [0.25, 0.3) is 11.8 Å².